The summed E-state index contributed by atoms with van der Waals surface area (Å²) in [6, 6.07) is 0.865. The minimum Gasteiger partial charge on any atom is -0.481 e. The summed E-state index contributed by atoms with van der Waals surface area (Å²) in [4.78, 5) is 10.5. The van der Waals surface area contributed by atoms with Crippen LogP contribution in [0.15, 0.2) is 0 Å². The van der Waals surface area contributed by atoms with Crippen LogP contribution in [-0.2, 0) is 4.79 Å². The van der Waals surface area contributed by atoms with Crippen molar-refractivity contribution in [3.63, 3.8) is 0 Å². The fourth-order valence-corrected chi connectivity index (χ4v) is 2.80. The summed E-state index contributed by atoms with van der Waals surface area (Å²) >= 11 is 0. The SMILES string of the molecule is O=C(O)CC1C[C@@H]2CCCC[C@@H]2N1. The Morgan fingerprint density at radius 3 is 2.85 bits per heavy atom. The number of hydrogen-bond acceptors (Lipinski definition) is 2. The number of carbonyl (C=O) groups is 1. The number of hydrogen-bond donors (Lipinski definition) is 2. The van der Waals surface area contributed by atoms with E-state index in [2.05, 4.69) is 5.32 Å². The number of aliphatic carboxylic acids is 1. The van der Waals surface area contributed by atoms with Crippen LogP contribution in [0.3, 0.4) is 0 Å². The van der Waals surface area contributed by atoms with Crippen LogP contribution < -0.4 is 5.32 Å². The molecule has 0 amide bonds. The van der Waals surface area contributed by atoms with Gasteiger partial charge in [0.05, 0.1) is 6.42 Å². The minimum atomic E-state index is -0.670. The van der Waals surface area contributed by atoms with E-state index in [1.165, 1.54) is 25.7 Å². The molecule has 13 heavy (non-hydrogen) atoms. The zero-order valence-electron chi connectivity index (χ0n) is 7.83. The van der Waals surface area contributed by atoms with Crippen molar-refractivity contribution in [1.29, 1.82) is 0 Å². The highest BCUT2D eigenvalue weighted by molar-refractivity contribution is 5.67. The second kappa shape index (κ2) is 3.66. The van der Waals surface area contributed by atoms with E-state index in [-0.39, 0.29) is 6.04 Å². The van der Waals surface area contributed by atoms with Crippen molar-refractivity contribution >= 4 is 5.97 Å². The van der Waals surface area contributed by atoms with Crippen molar-refractivity contribution in [3.05, 3.63) is 0 Å². The van der Waals surface area contributed by atoms with Gasteiger partial charge in [-0.25, -0.2) is 0 Å². The molecule has 3 nitrogen and oxygen atoms in total. The molecular formula is C10H17NO2. The first-order chi connectivity index (χ1) is 6.25. The Hall–Kier alpha value is -0.570. The Morgan fingerprint density at radius 2 is 2.15 bits per heavy atom. The summed E-state index contributed by atoms with van der Waals surface area (Å²) in [7, 11) is 0. The third-order valence-corrected chi connectivity index (χ3v) is 3.37. The van der Waals surface area contributed by atoms with Gasteiger partial charge in [-0.15, -0.1) is 0 Å². The zero-order valence-corrected chi connectivity index (χ0v) is 7.83. The standard InChI is InChI=1S/C10H17NO2/c12-10(13)6-8-5-7-3-1-2-4-9(7)11-8/h7-9,11H,1-6H2,(H,12,13)/t7-,8?,9-/m0/s1. The van der Waals surface area contributed by atoms with Crippen LogP contribution in [0.2, 0.25) is 0 Å². The normalized spacial score (nSPS) is 38.6. The fourth-order valence-electron chi connectivity index (χ4n) is 2.80. The molecule has 74 valence electrons. The number of fused-ring (bicyclic) bond motifs is 1. The van der Waals surface area contributed by atoms with E-state index in [1.54, 1.807) is 0 Å². The molecule has 0 bridgehead atoms. The lowest BCUT2D eigenvalue weighted by Crippen LogP contribution is -2.33. The van der Waals surface area contributed by atoms with Crippen LogP contribution in [0.1, 0.15) is 38.5 Å². The van der Waals surface area contributed by atoms with E-state index in [0.29, 0.717) is 12.5 Å². The molecular weight excluding hydrogens is 166 g/mol. The van der Waals surface area contributed by atoms with E-state index in [1.807, 2.05) is 0 Å². The van der Waals surface area contributed by atoms with Crippen LogP contribution in [0.5, 0.6) is 0 Å². The van der Waals surface area contributed by atoms with Crippen molar-refractivity contribution in [2.24, 2.45) is 5.92 Å². The molecule has 0 aromatic heterocycles. The van der Waals surface area contributed by atoms with E-state index in [9.17, 15) is 4.79 Å². The van der Waals surface area contributed by atoms with E-state index in [4.69, 9.17) is 5.11 Å². The summed E-state index contributed by atoms with van der Waals surface area (Å²) in [5, 5.41) is 12.1. The molecule has 3 heteroatoms. The Morgan fingerprint density at radius 1 is 1.38 bits per heavy atom. The van der Waals surface area contributed by atoms with Gasteiger partial charge >= 0.3 is 5.97 Å². The van der Waals surface area contributed by atoms with Gasteiger partial charge in [-0.1, -0.05) is 12.8 Å². The number of rotatable bonds is 2. The first-order valence-electron chi connectivity index (χ1n) is 5.23. The molecule has 2 rings (SSSR count). The molecule has 2 N–H and O–H groups in total. The molecule has 1 aliphatic heterocycles. The van der Waals surface area contributed by atoms with Crippen LogP contribution >= 0.6 is 0 Å². The van der Waals surface area contributed by atoms with Gasteiger partial charge in [0.2, 0.25) is 0 Å². The number of carboxylic acids is 1. The van der Waals surface area contributed by atoms with Gasteiger partial charge in [0.15, 0.2) is 0 Å². The lowest BCUT2D eigenvalue weighted by Gasteiger charge is -2.24. The van der Waals surface area contributed by atoms with Crippen molar-refractivity contribution in [2.45, 2.75) is 50.6 Å². The van der Waals surface area contributed by atoms with Gasteiger partial charge in [0.1, 0.15) is 0 Å². The summed E-state index contributed by atoms with van der Waals surface area (Å²) in [6.45, 7) is 0. The maximum atomic E-state index is 10.5. The van der Waals surface area contributed by atoms with Crippen molar-refractivity contribution in [2.75, 3.05) is 0 Å². The van der Waals surface area contributed by atoms with E-state index < -0.39 is 5.97 Å². The van der Waals surface area contributed by atoms with Gasteiger partial charge in [0, 0.05) is 12.1 Å². The van der Waals surface area contributed by atoms with Gasteiger partial charge in [-0.3, -0.25) is 4.79 Å². The maximum absolute atomic E-state index is 10.5. The monoisotopic (exact) mass is 183 g/mol. The Balaban J connectivity index is 1.87. The van der Waals surface area contributed by atoms with Gasteiger partial charge in [-0.05, 0) is 25.2 Å². The number of nitrogens with one attached hydrogen (secondary N) is 1. The average molecular weight is 183 g/mol. The molecule has 2 aliphatic rings. The van der Waals surface area contributed by atoms with Crippen LogP contribution in [0.4, 0.5) is 0 Å². The largest absolute Gasteiger partial charge is 0.481 e. The highest BCUT2D eigenvalue weighted by Crippen LogP contribution is 2.33. The van der Waals surface area contributed by atoms with Crippen LogP contribution in [-0.4, -0.2) is 23.2 Å². The molecule has 3 atom stereocenters. The molecule has 1 aliphatic carbocycles. The Bertz CT molecular complexity index is 191. The smallest absolute Gasteiger partial charge is 0.304 e. The van der Waals surface area contributed by atoms with E-state index in [0.717, 1.165) is 12.3 Å². The lowest BCUT2D eigenvalue weighted by atomic mass is 9.85. The maximum Gasteiger partial charge on any atom is 0.304 e. The highest BCUT2D eigenvalue weighted by atomic mass is 16.4. The molecule has 2 fully saturated rings. The Kier molecular flexibility index (Phi) is 2.54. The molecule has 1 saturated carbocycles. The second-order valence-electron chi connectivity index (χ2n) is 4.35. The molecule has 0 radical (unpaired) electrons. The quantitative estimate of drug-likeness (QED) is 0.680. The molecule has 0 aromatic rings. The van der Waals surface area contributed by atoms with Crippen LogP contribution in [0.25, 0.3) is 0 Å². The molecule has 1 unspecified atom stereocenters. The second-order valence-corrected chi connectivity index (χ2v) is 4.35. The molecule has 1 heterocycles. The van der Waals surface area contributed by atoms with Crippen molar-refractivity contribution < 1.29 is 9.90 Å². The minimum absolute atomic E-state index is 0.241. The lowest BCUT2D eigenvalue weighted by molar-refractivity contribution is -0.137. The predicted molar refractivity (Wildman–Crippen MR) is 49.5 cm³/mol. The Labute approximate surface area is 78.5 Å². The molecule has 1 saturated heterocycles. The highest BCUT2D eigenvalue weighted by Gasteiger charge is 2.35. The third kappa shape index (κ3) is 2.02. The predicted octanol–water partition coefficient (Wildman–Crippen LogP) is 1.38. The topological polar surface area (TPSA) is 49.3 Å². The van der Waals surface area contributed by atoms with Crippen molar-refractivity contribution in [1.82, 2.24) is 5.32 Å². The van der Waals surface area contributed by atoms with Gasteiger partial charge in [-0.2, -0.15) is 0 Å². The van der Waals surface area contributed by atoms with E-state index >= 15 is 0 Å². The summed E-state index contributed by atoms with van der Waals surface area (Å²) in [5.74, 6) is 0.0919. The average Bonchev–Trinajstić information content (AvgIpc) is 2.44. The van der Waals surface area contributed by atoms with Crippen LogP contribution in [0, 0.1) is 5.92 Å². The van der Waals surface area contributed by atoms with Gasteiger partial charge in [0.25, 0.3) is 0 Å². The third-order valence-electron chi connectivity index (χ3n) is 3.37. The van der Waals surface area contributed by atoms with Gasteiger partial charge < -0.3 is 10.4 Å². The summed E-state index contributed by atoms with van der Waals surface area (Å²) < 4.78 is 0. The molecule has 0 aromatic carbocycles. The summed E-state index contributed by atoms with van der Waals surface area (Å²) in [6.07, 6.45) is 6.58. The zero-order chi connectivity index (χ0) is 9.26. The first kappa shape index (κ1) is 9.00. The van der Waals surface area contributed by atoms with Crippen molar-refractivity contribution in [3.8, 4) is 0 Å². The molecule has 0 spiro atoms. The fraction of sp³-hybridized carbons (Fsp3) is 0.900. The first-order valence-corrected chi connectivity index (χ1v) is 5.23. The summed E-state index contributed by atoms with van der Waals surface area (Å²) in [5.41, 5.74) is 0. The number of carboxylic acid groups (broad SMARTS) is 1.